The fraction of sp³-hybridized carbons (Fsp3) is 0.474. The SMILES string of the molecule is CCc1ccc(-c2ccc(N3CCCC[C@@H]3CC)nn2)cc1S(N)(=O)=O. The van der Waals surface area contributed by atoms with E-state index in [2.05, 4.69) is 22.0 Å². The number of piperidine rings is 1. The molecule has 1 atom stereocenters. The van der Waals surface area contributed by atoms with Crippen molar-refractivity contribution < 1.29 is 8.42 Å². The molecule has 0 saturated carbocycles. The van der Waals surface area contributed by atoms with Crippen LogP contribution in [0.5, 0.6) is 0 Å². The van der Waals surface area contributed by atoms with E-state index in [1.54, 1.807) is 12.1 Å². The van der Waals surface area contributed by atoms with Crippen LogP contribution in [-0.2, 0) is 16.4 Å². The van der Waals surface area contributed by atoms with Gasteiger partial charge in [-0.2, -0.15) is 0 Å². The summed E-state index contributed by atoms with van der Waals surface area (Å²) < 4.78 is 23.7. The van der Waals surface area contributed by atoms with Gasteiger partial charge in [-0.1, -0.05) is 26.0 Å². The molecule has 0 radical (unpaired) electrons. The molecule has 1 fully saturated rings. The quantitative estimate of drug-likeness (QED) is 0.868. The van der Waals surface area contributed by atoms with E-state index in [4.69, 9.17) is 5.14 Å². The molecule has 0 spiro atoms. The van der Waals surface area contributed by atoms with Gasteiger partial charge in [-0.3, -0.25) is 0 Å². The third-order valence-corrected chi connectivity index (χ3v) is 6.09. The van der Waals surface area contributed by atoms with Gasteiger partial charge < -0.3 is 4.90 Å². The van der Waals surface area contributed by atoms with Crippen LogP contribution in [0.15, 0.2) is 35.2 Å². The first-order valence-corrected chi connectivity index (χ1v) is 10.7. The standard InChI is InChI=1S/C19H26N4O2S/c1-3-14-8-9-15(13-18(14)26(20,24)25)17-10-11-19(22-21-17)23-12-6-5-7-16(23)4-2/h8-11,13,16H,3-7,12H2,1-2H3,(H2,20,24,25)/t16-/m0/s1. The number of hydrogen-bond donors (Lipinski definition) is 1. The smallest absolute Gasteiger partial charge is 0.238 e. The zero-order valence-electron chi connectivity index (χ0n) is 15.4. The van der Waals surface area contributed by atoms with Crippen molar-refractivity contribution in [1.29, 1.82) is 0 Å². The average molecular weight is 375 g/mol. The van der Waals surface area contributed by atoms with Crippen LogP contribution in [0.2, 0.25) is 0 Å². The topological polar surface area (TPSA) is 89.2 Å². The number of rotatable bonds is 5. The maximum Gasteiger partial charge on any atom is 0.238 e. The van der Waals surface area contributed by atoms with Crippen LogP contribution in [0, 0.1) is 0 Å². The van der Waals surface area contributed by atoms with Crippen molar-refractivity contribution in [1.82, 2.24) is 10.2 Å². The molecular formula is C19H26N4O2S. The molecule has 0 bridgehead atoms. The molecular weight excluding hydrogens is 348 g/mol. The van der Waals surface area contributed by atoms with Gasteiger partial charge >= 0.3 is 0 Å². The zero-order chi connectivity index (χ0) is 18.7. The fourth-order valence-electron chi connectivity index (χ4n) is 3.63. The zero-order valence-corrected chi connectivity index (χ0v) is 16.2. The molecule has 1 aromatic carbocycles. The molecule has 2 heterocycles. The second-order valence-electron chi connectivity index (χ2n) is 6.75. The molecule has 0 amide bonds. The molecule has 7 heteroatoms. The van der Waals surface area contributed by atoms with Gasteiger partial charge in [-0.15, -0.1) is 10.2 Å². The number of hydrogen-bond acceptors (Lipinski definition) is 5. The van der Waals surface area contributed by atoms with Gasteiger partial charge in [0.1, 0.15) is 0 Å². The van der Waals surface area contributed by atoms with Crippen LogP contribution < -0.4 is 10.0 Å². The number of aromatic nitrogens is 2. The highest BCUT2D eigenvalue weighted by molar-refractivity contribution is 7.89. The molecule has 0 aliphatic carbocycles. The largest absolute Gasteiger partial charge is 0.352 e. The van der Waals surface area contributed by atoms with Gasteiger partial charge in [-0.25, -0.2) is 13.6 Å². The Hall–Kier alpha value is -1.99. The Bertz CT molecular complexity index is 866. The van der Waals surface area contributed by atoms with Gasteiger partial charge in [0, 0.05) is 18.2 Å². The molecule has 1 saturated heterocycles. The Kier molecular flexibility index (Phi) is 5.58. The summed E-state index contributed by atoms with van der Waals surface area (Å²) in [5.41, 5.74) is 2.06. The maximum absolute atomic E-state index is 11.9. The lowest BCUT2D eigenvalue weighted by molar-refractivity contribution is 0.445. The van der Waals surface area contributed by atoms with E-state index in [1.807, 2.05) is 25.1 Å². The number of sulfonamides is 1. The Balaban J connectivity index is 1.91. The minimum Gasteiger partial charge on any atom is -0.352 e. The number of primary sulfonamides is 1. The minimum atomic E-state index is -3.77. The predicted molar refractivity (Wildman–Crippen MR) is 103 cm³/mol. The summed E-state index contributed by atoms with van der Waals surface area (Å²) in [6.45, 7) is 5.11. The van der Waals surface area contributed by atoms with Crippen molar-refractivity contribution in [2.75, 3.05) is 11.4 Å². The van der Waals surface area contributed by atoms with Crippen LogP contribution >= 0.6 is 0 Å². The van der Waals surface area contributed by atoms with Crippen molar-refractivity contribution in [3.05, 3.63) is 35.9 Å². The average Bonchev–Trinajstić information content (AvgIpc) is 2.67. The summed E-state index contributed by atoms with van der Waals surface area (Å²) >= 11 is 0. The molecule has 1 aromatic heterocycles. The third kappa shape index (κ3) is 3.88. The monoisotopic (exact) mass is 374 g/mol. The first kappa shape index (κ1) is 18.8. The summed E-state index contributed by atoms with van der Waals surface area (Å²) in [5.74, 6) is 0.886. The van der Waals surface area contributed by atoms with E-state index in [-0.39, 0.29) is 4.90 Å². The molecule has 2 N–H and O–H groups in total. The highest BCUT2D eigenvalue weighted by Crippen LogP contribution is 2.27. The molecule has 0 unspecified atom stereocenters. The lowest BCUT2D eigenvalue weighted by Crippen LogP contribution is -2.39. The highest BCUT2D eigenvalue weighted by atomic mass is 32.2. The second-order valence-corrected chi connectivity index (χ2v) is 8.28. The Morgan fingerprint density at radius 1 is 1.15 bits per heavy atom. The van der Waals surface area contributed by atoms with Crippen molar-refractivity contribution in [3.63, 3.8) is 0 Å². The predicted octanol–water partition coefficient (Wildman–Crippen LogP) is 3.12. The number of anilines is 1. The minimum absolute atomic E-state index is 0.158. The highest BCUT2D eigenvalue weighted by Gasteiger charge is 2.22. The Morgan fingerprint density at radius 2 is 1.96 bits per heavy atom. The van der Waals surface area contributed by atoms with E-state index in [9.17, 15) is 8.42 Å². The molecule has 6 nitrogen and oxygen atoms in total. The van der Waals surface area contributed by atoms with E-state index >= 15 is 0 Å². The molecule has 2 aromatic rings. The molecule has 3 rings (SSSR count). The van der Waals surface area contributed by atoms with Crippen molar-refractivity contribution >= 4 is 15.8 Å². The van der Waals surface area contributed by atoms with Crippen molar-refractivity contribution in [2.24, 2.45) is 5.14 Å². The molecule has 1 aliphatic heterocycles. The van der Waals surface area contributed by atoms with Crippen LogP contribution in [0.3, 0.4) is 0 Å². The summed E-state index contributed by atoms with van der Waals surface area (Å²) in [4.78, 5) is 2.49. The Labute approximate surface area is 155 Å². The van der Waals surface area contributed by atoms with Crippen LogP contribution in [0.4, 0.5) is 5.82 Å². The van der Waals surface area contributed by atoms with Crippen LogP contribution in [-0.4, -0.2) is 31.2 Å². The lowest BCUT2D eigenvalue weighted by Gasteiger charge is -2.35. The van der Waals surface area contributed by atoms with Crippen molar-refractivity contribution in [2.45, 2.75) is 56.9 Å². The van der Waals surface area contributed by atoms with E-state index in [1.165, 1.54) is 19.3 Å². The summed E-state index contributed by atoms with van der Waals surface area (Å²) in [6, 6.07) is 9.64. The van der Waals surface area contributed by atoms with Gasteiger partial charge in [0.15, 0.2) is 5.82 Å². The van der Waals surface area contributed by atoms with Gasteiger partial charge in [0.2, 0.25) is 10.0 Å². The molecule has 26 heavy (non-hydrogen) atoms. The van der Waals surface area contributed by atoms with E-state index < -0.39 is 10.0 Å². The Morgan fingerprint density at radius 3 is 2.58 bits per heavy atom. The molecule has 1 aliphatic rings. The fourth-order valence-corrected chi connectivity index (χ4v) is 4.50. The first-order chi connectivity index (χ1) is 12.4. The van der Waals surface area contributed by atoms with Gasteiger partial charge in [-0.05, 0) is 55.9 Å². The summed E-state index contributed by atoms with van der Waals surface area (Å²) in [6.07, 6.45) is 5.33. The van der Waals surface area contributed by atoms with E-state index in [0.29, 0.717) is 29.3 Å². The number of nitrogens with two attached hydrogens (primary N) is 1. The maximum atomic E-state index is 11.9. The molecule has 140 valence electrons. The summed E-state index contributed by atoms with van der Waals surface area (Å²) in [7, 11) is -3.77. The number of aryl methyl sites for hydroxylation is 1. The second kappa shape index (κ2) is 7.72. The van der Waals surface area contributed by atoms with Crippen LogP contribution in [0.1, 0.15) is 45.1 Å². The lowest BCUT2D eigenvalue weighted by atomic mass is 10.00. The van der Waals surface area contributed by atoms with E-state index in [0.717, 1.165) is 18.8 Å². The number of benzene rings is 1. The first-order valence-electron chi connectivity index (χ1n) is 9.20. The van der Waals surface area contributed by atoms with Gasteiger partial charge in [0.25, 0.3) is 0 Å². The summed E-state index contributed by atoms with van der Waals surface area (Å²) in [5, 5.41) is 14.1. The third-order valence-electron chi connectivity index (χ3n) is 5.09. The van der Waals surface area contributed by atoms with Crippen molar-refractivity contribution in [3.8, 4) is 11.3 Å². The van der Waals surface area contributed by atoms with Gasteiger partial charge in [0.05, 0.1) is 10.6 Å². The van der Waals surface area contributed by atoms with Crippen LogP contribution in [0.25, 0.3) is 11.3 Å². The normalized spacial score (nSPS) is 18.1. The number of nitrogens with zero attached hydrogens (tertiary/aromatic N) is 3.